The van der Waals surface area contributed by atoms with Crippen molar-refractivity contribution in [2.24, 2.45) is 4.99 Å². The van der Waals surface area contributed by atoms with E-state index in [1.165, 1.54) is 4.88 Å². The summed E-state index contributed by atoms with van der Waals surface area (Å²) in [6, 6.07) is 5.15. The number of methoxy groups -OCH3 is 1. The second kappa shape index (κ2) is 11.9. The molecule has 0 atom stereocenters. The Bertz CT molecular complexity index is 706. The summed E-state index contributed by atoms with van der Waals surface area (Å²) in [4.78, 5) is 10.3. The number of aromatic hydroxyl groups is 1. The molecule has 0 spiro atoms. The molecule has 0 aliphatic rings. The molecule has 1 aromatic heterocycles. The summed E-state index contributed by atoms with van der Waals surface area (Å²) < 4.78 is 5.19. The van der Waals surface area contributed by atoms with Crippen LogP contribution in [0.2, 0.25) is 0 Å². The first-order chi connectivity index (χ1) is 12.2. The van der Waals surface area contributed by atoms with Crippen molar-refractivity contribution in [2.45, 2.75) is 33.2 Å². The minimum Gasteiger partial charge on any atom is -0.508 e. The molecule has 0 fully saturated rings. The molecule has 0 aliphatic carbocycles. The van der Waals surface area contributed by atoms with Crippen LogP contribution in [0, 0.1) is 0 Å². The number of rotatable bonds is 8. The molecule has 0 bridgehead atoms. The van der Waals surface area contributed by atoms with Gasteiger partial charge in [-0.2, -0.15) is 0 Å². The monoisotopic (exact) mass is 490 g/mol. The highest BCUT2D eigenvalue weighted by molar-refractivity contribution is 14.0. The highest BCUT2D eigenvalue weighted by Crippen LogP contribution is 2.23. The van der Waals surface area contributed by atoms with E-state index in [0.717, 1.165) is 42.5 Å². The van der Waals surface area contributed by atoms with E-state index in [0.29, 0.717) is 12.3 Å². The number of phenolic OH excluding ortho intramolecular Hbond substituents is 1. The van der Waals surface area contributed by atoms with Gasteiger partial charge in [-0.15, -0.1) is 35.3 Å². The number of ether oxygens (including phenoxy) is 1. The summed E-state index contributed by atoms with van der Waals surface area (Å²) in [7, 11) is 1.60. The molecule has 0 unspecified atom stereocenters. The number of nitrogens with one attached hydrogen (secondary N) is 2. The summed E-state index contributed by atoms with van der Waals surface area (Å²) in [5.41, 5.74) is 0.726. The lowest BCUT2D eigenvalue weighted by molar-refractivity contribution is 0.411. The van der Waals surface area contributed by atoms with Gasteiger partial charge < -0.3 is 20.5 Å². The number of halogens is 1. The van der Waals surface area contributed by atoms with Crippen LogP contribution in [0.25, 0.3) is 0 Å². The largest absolute Gasteiger partial charge is 0.508 e. The Hall–Kier alpha value is -1.55. The molecule has 1 aromatic carbocycles. The van der Waals surface area contributed by atoms with Gasteiger partial charge in [0.25, 0.3) is 0 Å². The fourth-order valence-electron chi connectivity index (χ4n) is 2.24. The zero-order valence-corrected chi connectivity index (χ0v) is 18.6. The first-order valence-electron chi connectivity index (χ1n) is 8.47. The lowest BCUT2D eigenvalue weighted by atomic mass is 10.2. The van der Waals surface area contributed by atoms with Gasteiger partial charge in [-0.25, -0.2) is 9.98 Å². The quantitative estimate of drug-likeness (QED) is 0.301. The van der Waals surface area contributed by atoms with Crippen molar-refractivity contribution in [2.75, 3.05) is 20.2 Å². The summed E-state index contributed by atoms with van der Waals surface area (Å²) in [6.45, 7) is 6.06. The van der Waals surface area contributed by atoms with Gasteiger partial charge in [0, 0.05) is 36.1 Å². The molecule has 144 valence electrons. The van der Waals surface area contributed by atoms with Crippen LogP contribution in [-0.4, -0.2) is 36.2 Å². The molecule has 0 saturated carbocycles. The second-order valence-electron chi connectivity index (χ2n) is 5.44. The van der Waals surface area contributed by atoms with Gasteiger partial charge in [0.05, 0.1) is 18.7 Å². The number of aliphatic imine (C=N–C) groups is 1. The summed E-state index contributed by atoms with van der Waals surface area (Å²) in [5, 5.41) is 17.6. The molecule has 0 aliphatic heterocycles. The molecule has 1 heterocycles. The van der Waals surface area contributed by atoms with Gasteiger partial charge in [-0.1, -0.05) is 6.92 Å². The number of hydrogen-bond acceptors (Lipinski definition) is 5. The number of nitrogens with zero attached hydrogens (tertiary/aromatic N) is 2. The molecule has 6 nitrogen and oxygen atoms in total. The van der Waals surface area contributed by atoms with Gasteiger partial charge in [0.2, 0.25) is 0 Å². The highest BCUT2D eigenvalue weighted by atomic mass is 127. The van der Waals surface area contributed by atoms with Crippen LogP contribution in [0.15, 0.2) is 29.4 Å². The minimum atomic E-state index is 0. The summed E-state index contributed by atoms with van der Waals surface area (Å²) in [5.74, 6) is 1.64. The second-order valence-corrected chi connectivity index (χ2v) is 6.64. The topological polar surface area (TPSA) is 78.8 Å². The van der Waals surface area contributed by atoms with Crippen molar-refractivity contribution in [3.8, 4) is 11.5 Å². The molecule has 2 aromatic rings. The molecular formula is C18H27IN4O2S. The van der Waals surface area contributed by atoms with Gasteiger partial charge in [-0.3, -0.25) is 0 Å². The number of guanidine groups is 1. The average molecular weight is 490 g/mol. The van der Waals surface area contributed by atoms with E-state index in [9.17, 15) is 5.11 Å². The van der Waals surface area contributed by atoms with Crippen molar-refractivity contribution >= 4 is 41.3 Å². The van der Waals surface area contributed by atoms with Crippen LogP contribution in [0.4, 0.5) is 0 Å². The average Bonchev–Trinajstić information content (AvgIpc) is 3.09. The Kier molecular flexibility index (Phi) is 10.3. The zero-order valence-electron chi connectivity index (χ0n) is 15.4. The number of aromatic nitrogens is 1. The molecule has 0 radical (unpaired) electrons. The predicted molar refractivity (Wildman–Crippen MR) is 118 cm³/mol. The molecule has 8 heteroatoms. The smallest absolute Gasteiger partial charge is 0.191 e. The van der Waals surface area contributed by atoms with Gasteiger partial charge in [0.1, 0.15) is 11.5 Å². The van der Waals surface area contributed by atoms with Crippen LogP contribution in [0.1, 0.15) is 29.3 Å². The number of phenols is 1. The maximum atomic E-state index is 9.95. The maximum absolute atomic E-state index is 9.95. The first-order valence-corrected chi connectivity index (χ1v) is 9.29. The highest BCUT2D eigenvalue weighted by Gasteiger charge is 2.05. The minimum absolute atomic E-state index is 0. The van der Waals surface area contributed by atoms with E-state index in [4.69, 9.17) is 4.74 Å². The maximum Gasteiger partial charge on any atom is 0.191 e. The molecule has 2 rings (SSSR count). The van der Waals surface area contributed by atoms with Crippen LogP contribution in [0.5, 0.6) is 11.5 Å². The fraction of sp³-hybridized carbons (Fsp3) is 0.444. The fourth-order valence-corrected chi connectivity index (χ4v) is 3.10. The first kappa shape index (κ1) is 22.5. The lowest BCUT2D eigenvalue weighted by Gasteiger charge is -2.11. The summed E-state index contributed by atoms with van der Waals surface area (Å²) >= 11 is 1.76. The lowest BCUT2D eigenvalue weighted by Crippen LogP contribution is -2.38. The van der Waals surface area contributed by atoms with Gasteiger partial charge in [0.15, 0.2) is 5.96 Å². The van der Waals surface area contributed by atoms with Gasteiger partial charge >= 0.3 is 0 Å². The molecular weight excluding hydrogens is 463 g/mol. The summed E-state index contributed by atoms with van der Waals surface area (Å²) in [6.07, 6.45) is 3.84. The molecule has 0 amide bonds. The Morgan fingerprint density at radius 2 is 2.12 bits per heavy atom. The van der Waals surface area contributed by atoms with Crippen LogP contribution >= 0.6 is 35.3 Å². The van der Waals surface area contributed by atoms with Crippen molar-refractivity contribution < 1.29 is 9.84 Å². The van der Waals surface area contributed by atoms with Crippen molar-refractivity contribution in [3.63, 3.8) is 0 Å². The van der Waals surface area contributed by atoms with Crippen LogP contribution in [0.3, 0.4) is 0 Å². The normalized spacial score (nSPS) is 11.0. The third-order valence-corrected chi connectivity index (χ3v) is 4.82. The number of aryl methyl sites for hydroxylation is 1. The van der Waals surface area contributed by atoms with Crippen LogP contribution in [-0.2, 0) is 19.4 Å². The van der Waals surface area contributed by atoms with E-state index >= 15 is 0 Å². The zero-order chi connectivity index (χ0) is 18.1. The van der Waals surface area contributed by atoms with Crippen LogP contribution < -0.4 is 15.4 Å². The number of thiazole rings is 1. The Labute approximate surface area is 176 Å². The van der Waals surface area contributed by atoms with E-state index in [1.54, 1.807) is 36.6 Å². The standard InChI is InChI=1S/C18H26N4O2S.HI/c1-4-15-12-21-17(25-15)8-9-20-18(19-5-2)22-11-13-10-14(24-3)6-7-16(13)23;/h6-7,10,12,23H,4-5,8-9,11H2,1-3H3,(H2,19,20,22);1H. The Morgan fingerprint density at radius 3 is 2.77 bits per heavy atom. The van der Waals surface area contributed by atoms with E-state index in [2.05, 4.69) is 27.5 Å². The molecule has 26 heavy (non-hydrogen) atoms. The predicted octanol–water partition coefficient (Wildman–Crippen LogP) is 3.34. The Balaban J connectivity index is 0.00000338. The number of hydrogen-bond donors (Lipinski definition) is 3. The van der Waals surface area contributed by atoms with E-state index in [1.807, 2.05) is 13.1 Å². The number of benzene rings is 1. The third-order valence-electron chi connectivity index (χ3n) is 3.62. The SMILES string of the molecule is CCNC(=NCc1cc(OC)ccc1O)NCCc1ncc(CC)s1.I. The Morgan fingerprint density at radius 1 is 1.31 bits per heavy atom. The third kappa shape index (κ3) is 6.99. The van der Waals surface area contributed by atoms with Gasteiger partial charge in [-0.05, 0) is 31.5 Å². The molecule has 0 saturated heterocycles. The van der Waals surface area contributed by atoms with Crippen molar-refractivity contribution in [1.82, 2.24) is 15.6 Å². The van der Waals surface area contributed by atoms with E-state index in [-0.39, 0.29) is 29.7 Å². The van der Waals surface area contributed by atoms with E-state index < -0.39 is 0 Å². The van der Waals surface area contributed by atoms with Crippen molar-refractivity contribution in [1.29, 1.82) is 0 Å². The van der Waals surface area contributed by atoms with Crippen molar-refractivity contribution in [3.05, 3.63) is 39.8 Å². The molecule has 3 N–H and O–H groups in total.